The summed E-state index contributed by atoms with van der Waals surface area (Å²) in [4.78, 5) is 28.1. The van der Waals surface area contributed by atoms with Gasteiger partial charge in [-0.25, -0.2) is 4.98 Å². The molecule has 0 atom stereocenters. The Morgan fingerprint density at radius 1 is 1.35 bits per heavy atom. The summed E-state index contributed by atoms with van der Waals surface area (Å²) >= 11 is 1.27. The molecule has 23 heavy (non-hydrogen) atoms. The first kappa shape index (κ1) is 15.4. The zero-order valence-electron chi connectivity index (χ0n) is 12.9. The molecule has 0 saturated carbocycles. The molecular weight excluding hydrogens is 310 g/mol. The maximum atomic E-state index is 12.2. The largest absolute Gasteiger partial charge is 0.379 e. The molecule has 5 nitrogen and oxygen atoms in total. The van der Waals surface area contributed by atoms with Gasteiger partial charge in [0.05, 0.1) is 0 Å². The maximum absolute atomic E-state index is 12.2. The SMILES string of the molecule is CC1(C)Cc2ccccc2C(=CC(=O)C(=O)Nc2nccs2)N1. The van der Waals surface area contributed by atoms with Crippen LogP contribution in [0.15, 0.2) is 41.9 Å². The van der Waals surface area contributed by atoms with E-state index in [-0.39, 0.29) is 5.54 Å². The van der Waals surface area contributed by atoms with E-state index in [0.29, 0.717) is 10.8 Å². The minimum atomic E-state index is -0.685. The van der Waals surface area contributed by atoms with E-state index in [2.05, 4.69) is 29.5 Å². The molecule has 1 aromatic carbocycles. The summed E-state index contributed by atoms with van der Waals surface area (Å²) in [6, 6.07) is 7.91. The molecule has 0 unspecified atom stereocenters. The summed E-state index contributed by atoms with van der Waals surface area (Å²) in [6.45, 7) is 4.13. The lowest BCUT2D eigenvalue weighted by Gasteiger charge is -2.35. The van der Waals surface area contributed by atoms with Gasteiger partial charge in [0.25, 0.3) is 5.91 Å². The zero-order valence-corrected chi connectivity index (χ0v) is 13.7. The number of benzene rings is 1. The van der Waals surface area contributed by atoms with Gasteiger partial charge in [0, 0.05) is 34.5 Å². The number of hydrogen-bond donors (Lipinski definition) is 2. The minimum absolute atomic E-state index is 0.174. The third-order valence-electron chi connectivity index (χ3n) is 3.56. The summed E-state index contributed by atoms with van der Waals surface area (Å²) in [6.07, 6.45) is 3.80. The summed E-state index contributed by atoms with van der Waals surface area (Å²) in [7, 11) is 0. The molecule has 2 heterocycles. The number of nitrogens with one attached hydrogen (secondary N) is 2. The van der Waals surface area contributed by atoms with Gasteiger partial charge in [0.1, 0.15) is 0 Å². The minimum Gasteiger partial charge on any atom is -0.379 e. The molecule has 0 bridgehead atoms. The zero-order chi connectivity index (χ0) is 16.4. The molecular formula is C17H17N3O2S. The topological polar surface area (TPSA) is 71.1 Å². The van der Waals surface area contributed by atoms with Gasteiger partial charge < -0.3 is 5.32 Å². The standard InChI is InChI=1S/C17H17N3O2S/c1-17(2)10-11-5-3-4-6-12(11)13(20-17)9-14(21)15(22)19-16-18-7-8-23-16/h3-9,20H,10H2,1-2H3,(H,18,19,22). The number of rotatable bonds is 3. The summed E-state index contributed by atoms with van der Waals surface area (Å²) in [5.74, 6) is -1.29. The number of carbonyl (C=O) groups is 2. The Morgan fingerprint density at radius 2 is 2.13 bits per heavy atom. The second-order valence-electron chi connectivity index (χ2n) is 6.06. The molecule has 0 radical (unpaired) electrons. The fraction of sp³-hybridized carbons (Fsp3) is 0.235. The van der Waals surface area contributed by atoms with Crippen LogP contribution in [0.3, 0.4) is 0 Å². The van der Waals surface area contributed by atoms with Gasteiger partial charge in [-0.1, -0.05) is 24.3 Å². The highest BCUT2D eigenvalue weighted by molar-refractivity contribution is 7.13. The Morgan fingerprint density at radius 3 is 2.87 bits per heavy atom. The summed E-state index contributed by atoms with van der Waals surface area (Å²) < 4.78 is 0. The predicted molar refractivity (Wildman–Crippen MR) is 91.1 cm³/mol. The number of thiazole rings is 1. The van der Waals surface area contributed by atoms with Crippen LogP contribution in [0, 0.1) is 0 Å². The second kappa shape index (κ2) is 5.96. The van der Waals surface area contributed by atoms with Crippen molar-refractivity contribution in [3.8, 4) is 0 Å². The molecule has 2 aromatic rings. The highest BCUT2D eigenvalue weighted by Crippen LogP contribution is 2.29. The maximum Gasteiger partial charge on any atom is 0.297 e. The molecule has 0 saturated heterocycles. The third kappa shape index (κ3) is 3.48. The first-order valence-electron chi connectivity index (χ1n) is 7.28. The van der Waals surface area contributed by atoms with Gasteiger partial charge in [0.15, 0.2) is 5.13 Å². The van der Waals surface area contributed by atoms with Crippen molar-refractivity contribution in [2.75, 3.05) is 5.32 Å². The normalized spacial score (nSPS) is 17.2. The number of anilines is 1. The van der Waals surface area contributed by atoms with E-state index in [0.717, 1.165) is 17.5 Å². The number of carbonyl (C=O) groups excluding carboxylic acids is 2. The average Bonchev–Trinajstić information content (AvgIpc) is 2.99. The Bertz CT molecular complexity index is 779. The van der Waals surface area contributed by atoms with Crippen molar-refractivity contribution in [1.29, 1.82) is 0 Å². The van der Waals surface area contributed by atoms with Crippen LogP contribution in [0.4, 0.5) is 5.13 Å². The van der Waals surface area contributed by atoms with Crippen LogP contribution in [0.2, 0.25) is 0 Å². The quantitative estimate of drug-likeness (QED) is 0.671. The second-order valence-corrected chi connectivity index (χ2v) is 6.95. The van der Waals surface area contributed by atoms with Crippen molar-refractivity contribution in [3.63, 3.8) is 0 Å². The van der Waals surface area contributed by atoms with Crippen LogP contribution in [0.1, 0.15) is 25.0 Å². The summed E-state index contributed by atoms with van der Waals surface area (Å²) in [5.41, 5.74) is 2.63. The van der Waals surface area contributed by atoms with Crippen LogP contribution in [-0.4, -0.2) is 22.2 Å². The fourth-order valence-corrected chi connectivity index (χ4v) is 3.17. The van der Waals surface area contributed by atoms with Crippen LogP contribution in [0.5, 0.6) is 0 Å². The van der Waals surface area contributed by atoms with Crippen LogP contribution in [0.25, 0.3) is 5.70 Å². The molecule has 118 valence electrons. The molecule has 1 aliphatic rings. The predicted octanol–water partition coefficient (Wildman–Crippen LogP) is 2.62. The Hall–Kier alpha value is -2.47. The number of hydrogen-bond acceptors (Lipinski definition) is 5. The van der Waals surface area contributed by atoms with Crippen molar-refractivity contribution >= 4 is 33.9 Å². The van der Waals surface area contributed by atoms with Gasteiger partial charge >= 0.3 is 0 Å². The molecule has 1 aliphatic heterocycles. The summed E-state index contributed by atoms with van der Waals surface area (Å²) in [5, 5.41) is 8.00. The Kier molecular flexibility index (Phi) is 4.00. The van der Waals surface area contributed by atoms with E-state index >= 15 is 0 Å². The Labute approximate surface area is 138 Å². The van der Waals surface area contributed by atoms with E-state index in [1.165, 1.54) is 17.4 Å². The highest BCUT2D eigenvalue weighted by atomic mass is 32.1. The van der Waals surface area contributed by atoms with E-state index < -0.39 is 11.7 Å². The van der Waals surface area contributed by atoms with E-state index in [4.69, 9.17) is 0 Å². The Balaban J connectivity index is 1.86. The fourth-order valence-electron chi connectivity index (χ4n) is 2.64. The van der Waals surface area contributed by atoms with Crippen LogP contribution >= 0.6 is 11.3 Å². The van der Waals surface area contributed by atoms with Crippen molar-refractivity contribution in [2.24, 2.45) is 0 Å². The lowest BCUT2D eigenvalue weighted by molar-refractivity contribution is -0.131. The third-order valence-corrected chi connectivity index (χ3v) is 4.25. The van der Waals surface area contributed by atoms with E-state index in [1.807, 2.05) is 24.3 Å². The molecule has 0 aliphatic carbocycles. The highest BCUT2D eigenvalue weighted by Gasteiger charge is 2.28. The monoisotopic (exact) mass is 327 g/mol. The first-order chi connectivity index (χ1) is 10.9. The van der Waals surface area contributed by atoms with Crippen molar-refractivity contribution in [3.05, 3.63) is 53.0 Å². The molecule has 2 N–H and O–H groups in total. The first-order valence-corrected chi connectivity index (χ1v) is 8.15. The number of aromatic nitrogens is 1. The smallest absolute Gasteiger partial charge is 0.297 e. The van der Waals surface area contributed by atoms with Gasteiger partial charge in [-0.15, -0.1) is 11.3 Å². The number of ketones is 1. The van der Waals surface area contributed by atoms with Crippen LogP contribution in [-0.2, 0) is 16.0 Å². The lowest BCUT2D eigenvalue weighted by Crippen LogP contribution is -2.44. The molecule has 1 aromatic heterocycles. The van der Waals surface area contributed by atoms with Crippen molar-refractivity contribution in [1.82, 2.24) is 10.3 Å². The lowest BCUT2D eigenvalue weighted by atomic mass is 9.85. The molecule has 0 spiro atoms. The molecule has 6 heteroatoms. The molecule has 1 amide bonds. The molecule has 3 rings (SSSR count). The molecule has 0 fully saturated rings. The average molecular weight is 327 g/mol. The van der Waals surface area contributed by atoms with Gasteiger partial charge in [-0.3, -0.25) is 14.9 Å². The van der Waals surface area contributed by atoms with Crippen molar-refractivity contribution in [2.45, 2.75) is 25.8 Å². The van der Waals surface area contributed by atoms with E-state index in [9.17, 15) is 9.59 Å². The van der Waals surface area contributed by atoms with E-state index in [1.54, 1.807) is 11.6 Å². The van der Waals surface area contributed by atoms with Crippen molar-refractivity contribution < 1.29 is 9.59 Å². The van der Waals surface area contributed by atoms with Gasteiger partial charge in [-0.2, -0.15) is 0 Å². The number of fused-ring (bicyclic) bond motifs is 1. The van der Waals surface area contributed by atoms with Gasteiger partial charge in [-0.05, 0) is 25.8 Å². The number of nitrogens with zero attached hydrogens (tertiary/aromatic N) is 1. The number of amides is 1. The van der Waals surface area contributed by atoms with Gasteiger partial charge in [0.2, 0.25) is 5.78 Å². The van der Waals surface area contributed by atoms with Crippen LogP contribution < -0.4 is 10.6 Å².